The summed E-state index contributed by atoms with van der Waals surface area (Å²) in [5, 5.41) is 9.44. The van der Waals surface area contributed by atoms with Crippen molar-refractivity contribution in [3.63, 3.8) is 0 Å². The minimum absolute atomic E-state index is 0.249. The van der Waals surface area contributed by atoms with Gasteiger partial charge in [0, 0.05) is 17.7 Å². The molecule has 0 bridgehead atoms. The number of aliphatic hydroxyl groups excluding tert-OH is 1. The van der Waals surface area contributed by atoms with Crippen molar-refractivity contribution in [3.05, 3.63) is 34.9 Å². The van der Waals surface area contributed by atoms with Crippen molar-refractivity contribution in [2.45, 2.75) is 66.3 Å². The summed E-state index contributed by atoms with van der Waals surface area (Å²) in [6.07, 6.45) is 4.03. The molecule has 0 heterocycles. The van der Waals surface area contributed by atoms with Crippen molar-refractivity contribution in [1.82, 2.24) is 4.72 Å². The van der Waals surface area contributed by atoms with Gasteiger partial charge in [0.1, 0.15) is 0 Å². The quantitative estimate of drug-likeness (QED) is 0.414. The number of unbranched alkanes of at least 4 members (excludes halogenated alkanes) is 2. The van der Waals surface area contributed by atoms with Crippen LogP contribution in [0.3, 0.4) is 0 Å². The third-order valence-corrected chi connectivity index (χ3v) is 3.14. The van der Waals surface area contributed by atoms with Gasteiger partial charge in [0.25, 0.3) is 0 Å². The van der Waals surface area contributed by atoms with Crippen LogP contribution in [-0.2, 0) is 0 Å². The van der Waals surface area contributed by atoms with Crippen molar-refractivity contribution in [2.75, 3.05) is 6.61 Å². The summed E-state index contributed by atoms with van der Waals surface area (Å²) < 4.78 is 3.00. The Balaban J connectivity index is 0. The van der Waals surface area contributed by atoms with Crippen molar-refractivity contribution >= 4 is 24.4 Å². The Labute approximate surface area is 148 Å². The summed E-state index contributed by atoms with van der Waals surface area (Å²) in [6.45, 7) is 10.8. The standard InChI is InChI=1S/C12H18ClNOS.C4H10.C2H6/c13-11-7-5-10(6-8-11)12(14-16)4-2-1-3-9-15;1-4(2)3;1-2/h5-8,12,14-16H,1-4,9H2;4H,1-3H3;1-2H3. The predicted octanol–water partition coefficient (Wildman–Crippen LogP) is 6.06. The van der Waals surface area contributed by atoms with Gasteiger partial charge < -0.3 is 5.11 Å². The fraction of sp³-hybridized carbons (Fsp3) is 0.667. The van der Waals surface area contributed by atoms with Crippen LogP contribution < -0.4 is 4.72 Å². The van der Waals surface area contributed by atoms with Crippen LogP contribution in [0.15, 0.2) is 24.3 Å². The summed E-state index contributed by atoms with van der Waals surface area (Å²) in [4.78, 5) is 0. The predicted molar refractivity (Wildman–Crippen MR) is 104 cm³/mol. The Hall–Kier alpha value is -0.220. The van der Waals surface area contributed by atoms with Gasteiger partial charge in [-0.1, -0.05) is 84.0 Å². The highest BCUT2D eigenvalue weighted by atomic mass is 35.5. The Morgan fingerprint density at radius 3 is 1.95 bits per heavy atom. The number of benzene rings is 1. The molecule has 0 radical (unpaired) electrons. The van der Waals surface area contributed by atoms with Crippen LogP contribution in [0.25, 0.3) is 0 Å². The maximum atomic E-state index is 8.69. The second-order valence-electron chi connectivity index (χ2n) is 5.54. The summed E-state index contributed by atoms with van der Waals surface area (Å²) >= 11 is 9.98. The average Bonchev–Trinajstić information content (AvgIpc) is 2.50. The van der Waals surface area contributed by atoms with E-state index in [2.05, 4.69) is 38.3 Å². The maximum absolute atomic E-state index is 8.69. The molecule has 0 saturated carbocycles. The topological polar surface area (TPSA) is 32.3 Å². The Bertz CT molecular complexity index is 328. The van der Waals surface area contributed by atoms with Crippen LogP contribution in [0.4, 0.5) is 0 Å². The Morgan fingerprint density at radius 1 is 1.05 bits per heavy atom. The fourth-order valence-electron chi connectivity index (χ4n) is 1.64. The van der Waals surface area contributed by atoms with Crippen molar-refractivity contribution in [1.29, 1.82) is 0 Å². The SMILES string of the molecule is CC.CC(C)C.OCCCCCC(NS)c1ccc(Cl)cc1. The van der Waals surface area contributed by atoms with Gasteiger partial charge in [0.15, 0.2) is 0 Å². The molecule has 0 aliphatic heterocycles. The molecule has 0 amide bonds. The summed E-state index contributed by atoms with van der Waals surface area (Å²) in [5.41, 5.74) is 1.20. The zero-order valence-corrected chi connectivity index (χ0v) is 16.4. The van der Waals surface area contributed by atoms with Crippen molar-refractivity contribution < 1.29 is 5.11 Å². The molecule has 0 spiro atoms. The molecular weight excluding hydrogens is 314 g/mol. The molecule has 1 unspecified atom stereocenters. The van der Waals surface area contributed by atoms with Gasteiger partial charge in [0.05, 0.1) is 0 Å². The number of hydrogen-bond acceptors (Lipinski definition) is 3. The second-order valence-corrected chi connectivity index (χ2v) is 6.23. The van der Waals surface area contributed by atoms with E-state index in [1.165, 1.54) is 5.56 Å². The van der Waals surface area contributed by atoms with Crippen LogP contribution in [0.5, 0.6) is 0 Å². The number of halogens is 1. The molecule has 130 valence electrons. The van der Waals surface area contributed by atoms with Crippen LogP contribution >= 0.6 is 24.4 Å². The minimum Gasteiger partial charge on any atom is -0.396 e. The zero-order chi connectivity index (χ0) is 17.4. The lowest BCUT2D eigenvalue weighted by Crippen LogP contribution is -2.11. The van der Waals surface area contributed by atoms with E-state index in [1.54, 1.807) is 0 Å². The zero-order valence-electron chi connectivity index (χ0n) is 14.8. The lowest BCUT2D eigenvalue weighted by molar-refractivity contribution is 0.281. The molecule has 1 aromatic rings. The Morgan fingerprint density at radius 2 is 1.55 bits per heavy atom. The summed E-state index contributed by atoms with van der Waals surface area (Å²) in [6, 6.07) is 8.06. The summed E-state index contributed by atoms with van der Waals surface area (Å²) in [7, 11) is 0. The van der Waals surface area contributed by atoms with Crippen molar-refractivity contribution in [3.8, 4) is 0 Å². The van der Waals surface area contributed by atoms with Gasteiger partial charge >= 0.3 is 0 Å². The molecule has 0 aliphatic carbocycles. The lowest BCUT2D eigenvalue weighted by atomic mass is 10.0. The molecule has 1 atom stereocenters. The second kappa shape index (κ2) is 17.1. The molecule has 1 rings (SSSR count). The number of nitrogens with one attached hydrogen (secondary N) is 1. The molecule has 4 heteroatoms. The largest absolute Gasteiger partial charge is 0.396 e. The molecular formula is C18H34ClNOS. The molecule has 2 nitrogen and oxygen atoms in total. The fourth-order valence-corrected chi connectivity index (χ4v) is 2.04. The lowest BCUT2D eigenvalue weighted by Gasteiger charge is -2.15. The van der Waals surface area contributed by atoms with Crippen LogP contribution in [0, 0.1) is 5.92 Å². The number of hydrogen-bond donors (Lipinski definition) is 3. The normalized spacial score (nSPS) is 11.1. The van der Waals surface area contributed by atoms with Gasteiger partial charge in [0.2, 0.25) is 0 Å². The molecule has 0 aliphatic rings. The van der Waals surface area contributed by atoms with Crippen LogP contribution in [0.1, 0.15) is 71.9 Å². The van der Waals surface area contributed by atoms with E-state index in [-0.39, 0.29) is 12.6 Å². The number of aliphatic hydroxyl groups is 1. The van der Waals surface area contributed by atoms with Crippen LogP contribution in [0.2, 0.25) is 5.02 Å². The molecule has 0 saturated heterocycles. The third-order valence-electron chi connectivity index (χ3n) is 2.58. The van der Waals surface area contributed by atoms with Gasteiger partial charge in [-0.2, -0.15) is 0 Å². The highest BCUT2D eigenvalue weighted by Crippen LogP contribution is 2.22. The van der Waals surface area contributed by atoms with E-state index < -0.39 is 0 Å². The number of thiol groups is 1. The first-order valence-corrected chi connectivity index (χ1v) is 9.09. The first kappa shape index (κ1) is 24.0. The molecule has 22 heavy (non-hydrogen) atoms. The van der Waals surface area contributed by atoms with Crippen molar-refractivity contribution in [2.24, 2.45) is 5.92 Å². The minimum atomic E-state index is 0.249. The summed E-state index contributed by atoms with van der Waals surface area (Å²) in [5.74, 6) is 0.833. The number of rotatable bonds is 7. The molecule has 0 fully saturated rings. The maximum Gasteiger partial charge on any atom is 0.0431 e. The van der Waals surface area contributed by atoms with Gasteiger partial charge in [-0.25, -0.2) is 0 Å². The van der Waals surface area contributed by atoms with Gasteiger partial charge in [-0.3, -0.25) is 4.72 Å². The van der Waals surface area contributed by atoms with E-state index in [0.29, 0.717) is 0 Å². The smallest absolute Gasteiger partial charge is 0.0431 e. The van der Waals surface area contributed by atoms with E-state index in [4.69, 9.17) is 16.7 Å². The van der Waals surface area contributed by atoms with E-state index >= 15 is 0 Å². The van der Waals surface area contributed by atoms with Gasteiger partial charge in [-0.15, -0.1) is 0 Å². The average molecular weight is 348 g/mol. The van der Waals surface area contributed by atoms with E-state index in [1.807, 2.05) is 38.1 Å². The molecule has 1 aromatic carbocycles. The monoisotopic (exact) mass is 347 g/mol. The Kier molecular flexibility index (Phi) is 18.7. The highest BCUT2D eigenvalue weighted by molar-refractivity contribution is 7.78. The van der Waals surface area contributed by atoms with Gasteiger partial charge in [-0.05, 0) is 36.5 Å². The van der Waals surface area contributed by atoms with E-state index in [9.17, 15) is 0 Å². The molecule has 0 aromatic heterocycles. The first-order valence-electron chi connectivity index (χ1n) is 8.27. The van der Waals surface area contributed by atoms with E-state index in [0.717, 1.165) is 36.6 Å². The highest BCUT2D eigenvalue weighted by Gasteiger charge is 2.08. The van der Waals surface area contributed by atoms with Crippen LogP contribution in [-0.4, -0.2) is 11.7 Å². The first-order chi connectivity index (χ1) is 10.5. The molecule has 2 N–H and O–H groups in total. The third kappa shape index (κ3) is 14.7.